The Balaban J connectivity index is 1.92. The van der Waals surface area contributed by atoms with E-state index in [1.807, 2.05) is 6.92 Å². The Bertz CT molecular complexity index is 1300. The van der Waals surface area contributed by atoms with Crippen molar-refractivity contribution < 1.29 is 37.1 Å². The first-order valence-corrected chi connectivity index (χ1v) is 12.1. The Morgan fingerprint density at radius 2 is 1.75 bits per heavy atom. The van der Waals surface area contributed by atoms with Gasteiger partial charge in [-0.05, 0) is 62.4 Å². The number of hydrogen-bond donors (Lipinski definition) is 2. The van der Waals surface area contributed by atoms with Gasteiger partial charge in [0, 0.05) is 0 Å². The molecule has 0 bridgehead atoms. The van der Waals surface area contributed by atoms with Crippen molar-refractivity contribution in [2.45, 2.75) is 57.8 Å². The minimum atomic E-state index is -4.95. The molecule has 3 aromatic rings. The molecule has 1 heterocycles. The molecule has 0 saturated heterocycles. The fourth-order valence-corrected chi connectivity index (χ4v) is 5.22. The predicted molar refractivity (Wildman–Crippen MR) is 130 cm³/mol. The Kier molecular flexibility index (Phi) is 7.49. The first kappa shape index (κ1) is 25.9. The summed E-state index contributed by atoms with van der Waals surface area (Å²) < 4.78 is 58.7. The quantitative estimate of drug-likeness (QED) is 0.475. The third kappa shape index (κ3) is 4.89. The van der Waals surface area contributed by atoms with Gasteiger partial charge >= 0.3 is 6.18 Å². The zero-order valence-corrected chi connectivity index (χ0v) is 20.6. The van der Waals surface area contributed by atoms with Crippen LogP contribution in [0.25, 0.3) is 22.1 Å². The van der Waals surface area contributed by atoms with Crippen LogP contribution in [0.15, 0.2) is 39.5 Å². The van der Waals surface area contributed by atoms with Crippen molar-refractivity contribution in [2.75, 3.05) is 20.8 Å². The minimum Gasteiger partial charge on any atom is -0.507 e. The van der Waals surface area contributed by atoms with Gasteiger partial charge < -0.3 is 23.9 Å². The number of benzene rings is 2. The van der Waals surface area contributed by atoms with Crippen LogP contribution in [-0.4, -0.2) is 31.9 Å². The third-order valence-corrected chi connectivity index (χ3v) is 7.11. The van der Waals surface area contributed by atoms with Crippen LogP contribution < -0.4 is 19.8 Å². The van der Waals surface area contributed by atoms with Gasteiger partial charge in [-0.2, -0.15) is 13.2 Å². The molecule has 1 saturated carbocycles. The van der Waals surface area contributed by atoms with Gasteiger partial charge in [0.25, 0.3) is 0 Å². The van der Waals surface area contributed by atoms with E-state index in [1.54, 1.807) is 0 Å². The third-order valence-electron chi connectivity index (χ3n) is 7.11. The molecule has 9 heteroatoms. The number of alkyl halides is 3. The highest BCUT2D eigenvalue weighted by molar-refractivity contribution is 5.87. The van der Waals surface area contributed by atoms with Gasteiger partial charge in [0.05, 0.1) is 43.3 Å². The van der Waals surface area contributed by atoms with E-state index in [-0.39, 0.29) is 40.1 Å². The molecule has 4 rings (SSSR count). The van der Waals surface area contributed by atoms with Gasteiger partial charge in [0.2, 0.25) is 11.2 Å². The van der Waals surface area contributed by atoms with Crippen LogP contribution >= 0.6 is 0 Å². The van der Waals surface area contributed by atoms with Crippen molar-refractivity contribution in [1.82, 2.24) is 0 Å². The lowest BCUT2D eigenvalue weighted by atomic mass is 9.93. The zero-order chi connectivity index (χ0) is 26.0. The molecule has 36 heavy (non-hydrogen) atoms. The maximum absolute atomic E-state index is 14.3. The molecule has 1 fully saturated rings. The fourth-order valence-electron chi connectivity index (χ4n) is 5.22. The van der Waals surface area contributed by atoms with Crippen molar-refractivity contribution in [3.8, 4) is 28.4 Å². The van der Waals surface area contributed by atoms with Crippen molar-refractivity contribution in [3.63, 3.8) is 0 Å². The number of fused-ring (bicyclic) bond motifs is 1. The van der Waals surface area contributed by atoms with E-state index in [0.29, 0.717) is 11.8 Å². The Morgan fingerprint density at radius 1 is 1.06 bits per heavy atom. The summed E-state index contributed by atoms with van der Waals surface area (Å²) in [6.07, 6.45) is 0.496. The molecule has 0 spiro atoms. The minimum absolute atomic E-state index is 0.00624. The number of nitrogens with one attached hydrogen (secondary N) is 1. The summed E-state index contributed by atoms with van der Waals surface area (Å²) in [5.74, 6) is -1.09. The molecule has 1 aliphatic rings. The lowest BCUT2D eigenvalue weighted by Crippen LogP contribution is -3.14. The summed E-state index contributed by atoms with van der Waals surface area (Å²) in [4.78, 5) is 14.7. The second kappa shape index (κ2) is 10.4. The number of aromatic hydroxyl groups is 1. The van der Waals surface area contributed by atoms with Crippen LogP contribution in [-0.2, 0) is 12.7 Å². The van der Waals surface area contributed by atoms with Crippen LogP contribution in [0.2, 0.25) is 0 Å². The summed E-state index contributed by atoms with van der Waals surface area (Å²) in [6, 6.07) is 7.14. The van der Waals surface area contributed by atoms with E-state index in [9.17, 15) is 23.1 Å². The first-order chi connectivity index (χ1) is 17.2. The molecule has 2 N–H and O–H groups in total. The highest BCUT2D eigenvalue weighted by Gasteiger charge is 2.40. The van der Waals surface area contributed by atoms with Crippen molar-refractivity contribution in [2.24, 2.45) is 0 Å². The second-order valence-corrected chi connectivity index (χ2v) is 9.17. The number of halogens is 3. The van der Waals surface area contributed by atoms with Crippen LogP contribution in [0.1, 0.15) is 50.4 Å². The number of phenolic OH excluding ortho intramolecular Hbond substituents is 1. The van der Waals surface area contributed by atoms with Crippen molar-refractivity contribution in [3.05, 3.63) is 51.9 Å². The molecule has 0 radical (unpaired) electrons. The smallest absolute Gasteiger partial charge is 0.450 e. The van der Waals surface area contributed by atoms with E-state index < -0.39 is 22.9 Å². The number of rotatable bonds is 7. The van der Waals surface area contributed by atoms with E-state index in [0.717, 1.165) is 37.1 Å². The summed E-state index contributed by atoms with van der Waals surface area (Å²) >= 11 is 0. The number of hydrogen-bond acceptors (Lipinski definition) is 5. The molecule has 6 nitrogen and oxygen atoms in total. The molecule has 1 aromatic heterocycles. The number of quaternary nitrogens is 1. The van der Waals surface area contributed by atoms with Gasteiger partial charge in [0.15, 0.2) is 17.1 Å². The van der Waals surface area contributed by atoms with E-state index in [2.05, 4.69) is 0 Å². The van der Waals surface area contributed by atoms with E-state index in [1.165, 1.54) is 51.0 Å². The Morgan fingerprint density at radius 3 is 2.36 bits per heavy atom. The topological polar surface area (TPSA) is 73.3 Å². The van der Waals surface area contributed by atoms with Crippen LogP contribution in [0.5, 0.6) is 17.2 Å². The normalized spacial score (nSPS) is 15.7. The average Bonchev–Trinajstić information content (AvgIpc) is 2.87. The Labute approximate surface area is 207 Å². The SMILES string of the molecule is CC[NH+](Cc1c(O)ccc2c(=O)c(-c3ccc(OC)c(OC)c3)c(C(F)(F)F)oc12)C1CCCCC1. The molecule has 0 amide bonds. The van der Waals surface area contributed by atoms with E-state index in [4.69, 9.17) is 13.9 Å². The van der Waals surface area contributed by atoms with Gasteiger partial charge in [0.1, 0.15) is 12.3 Å². The van der Waals surface area contributed by atoms with Crippen LogP contribution in [0.3, 0.4) is 0 Å². The van der Waals surface area contributed by atoms with Gasteiger partial charge in [-0.3, -0.25) is 4.79 Å². The molecule has 0 aliphatic heterocycles. The second-order valence-electron chi connectivity index (χ2n) is 9.17. The molecular weight excluding hydrogens is 475 g/mol. The number of methoxy groups -OCH3 is 2. The standard InChI is InChI=1S/C27H30F3NO5/c1-4-31(17-8-6-5-7-9-17)15-19-20(32)12-11-18-24(33)23(26(27(28,29)30)36-25(18)19)16-10-13-21(34-2)22(14-16)35-3/h10-14,17,32H,4-9,15H2,1-3H3/p+1. The summed E-state index contributed by atoms with van der Waals surface area (Å²) in [6.45, 7) is 3.01. The van der Waals surface area contributed by atoms with E-state index >= 15 is 0 Å². The van der Waals surface area contributed by atoms with Crippen LogP contribution in [0, 0.1) is 0 Å². The van der Waals surface area contributed by atoms with Crippen molar-refractivity contribution in [1.29, 1.82) is 0 Å². The summed E-state index contributed by atoms with van der Waals surface area (Å²) in [5, 5.41) is 10.6. The van der Waals surface area contributed by atoms with Gasteiger partial charge in [-0.1, -0.05) is 12.5 Å². The number of phenols is 1. The largest absolute Gasteiger partial charge is 0.507 e. The molecule has 1 unspecified atom stereocenters. The predicted octanol–water partition coefficient (Wildman–Crippen LogP) is 4.94. The maximum atomic E-state index is 14.3. The van der Waals surface area contributed by atoms with Crippen molar-refractivity contribution >= 4 is 11.0 Å². The van der Waals surface area contributed by atoms with Gasteiger partial charge in [-0.25, -0.2) is 0 Å². The highest BCUT2D eigenvalue weighted by atomic mass is 19.4. The lowest BCUT2D eigenvalue weighted by molar-refractivity contribution is -0.938. The molecule has 1 aliphatic carbocycles. The number of ether oxygens (including phenoxy) is 2. The molecular formula is C27H31F3NO5+. The summed E-state index contributed by atoms with van der Waals surface area (Å²) in [5.41, 5.74) is -1.45. The maximum Gasteiger partial charge on any atom is 0.450 e. The monoisotopic (exact) mass is 506 g/mol. The fraction of sp³-hybridized carbons (Fsp3) is 0.444. The van der Waals surface area contributed by atoms with Crippen LogP contribution in [0.4, 0.5) is 13.2 Å². The molecule has 194 valence electrons. The zero-order valence-electron chi connectivity index (χ0n) is 20.6. The molecule has 2 aromatic carbocycles. The lowest BCUT2D eigenvalue weighted by Gasteiger charge is -2.31. The highest BCUT2D eigenvalue weighted by Crippen LogP contribution is 2.41. The van der Waals surface area contributed by atoms with Gasteiger partial charge in [-0.15, -0.1) is 0 Å². The Hall–Kier alpha value is -3.20. The summed E-state index contributed by atoms with van der Waals surface area (Å²) in [7, 11) is 2.77. The average molecular weight is 507 g/mol. The first-order valence-electron chi connectivity index (χ1n) is 12.1. The molecule has 1 atom stereocenters.